The first-order valence-electron chi connectivity index (χ1n) is 7.61. The first-order valence-corrected chi connectivity index (χ1v) is 10.2. The van der Waals surface area contributed by atoms with Gasteiger partial charge < -0.3 is 10.6 Å². The zero-order valence-corrected chi connectivity index (χ0v) is 15.5. The Balaban J connectivity index is 1.66. The highest BCUT2D eigenvalue weighted by molar-refractivity contribution is 9.10. The van der Waals surface area contributed by atoms with Crippen LogP contribution in [0.1, 0.15) is 12.8 Å². The van der Waals surface area contributed by atoms with E-state index in [-0.39, 0.29) is 24.3 Å². The lowest BCUT2D eigenvalue weighted by Crippen LogP contribution is -2.52. The van der Waals surface area contributed by atoms with Gasteiger partial charge in [-0.05, 0) is 37.1 Å². The van der Waals surface area contributed by atoms with Crippen molar-refractivity contribution in [2.45, 2.75) is 18.4 Å². The van der Waals surface area contributed by atoms with Crippen molar-refractivity contribution in [2.24, 2.45) is 0 Å². The van der Waals surface area contributed by atoms with Gasteiger partial charge in [-0.15, -0.1) is 0 Å². The summed E-state index contributed by atoms with van der Waals surface area (Å²) >= 11 is 3.29. The number of anilines is 1. The molecule has 2 fully saturated rings. The number of benzene rings is 1. The van der Waals surface area contributed by atoms with Crippen LogP contribution in [0.15, 0.2) is 28.7 Å². The van der Waals surface area contributed by atoms with E-state index in [1.54, 1.807) is 24.3 Å². The molecule has 10 heteroatoms. The van der Waals surface area contributed by atoms with Crippen LogP contribution in [0.3, 0.4) is 0 Å². The van der Waals surface area contributed by atoms with Crippen LogP contribution in [0.5, 0.6) is 0 Å². The zero-order valence-electron chi connectivity index (χ0n) is 13.1. The number of rotatable bonds is 3. The van der Waals surface area contributed by atoms with Gasteiger partial charge in [0.2, 0.25) is 5.91 Å². The largest absolute Gasteiger partial charge is 0.325 e. The molecule has 0 saturated carbocycles. The highest BCUT2D eigenvalue weighted by Crippen LogP contribution is 2.30. The Morgan fingerprint density at radius 2 is 1.80 bits per heavy atom. The van der Waals surface area contributed by atoms with E-state index in [1.165, 1.54) is 0 Å². The SMILES string of the molecule is O=C(CN1C(=O)NC2(CCS(=O)(=O)CC2)C1=O)Nc1ccc(Br)cc1. The van der Waals surface area contributed by atoms with E-state index in [0.717, 1.165) is 9.37 Å². The molecule has 25 heavy (non-hydrogen) atoms. The fourth-order valence-corrected chi connectivity index (χ4v) is 4.71. The average Bonchev–Trinajstić information content (AvgIpc) is 2.77. The van der Waals surface area contributed by atoms with Gasteiger partial charge >= 0.3 is 6.03 Å². The zero-order chi connectivity index (χ0) is 18.2. The monoisotopic (exact) mass is 429 g/mol. The number of amides is 4. The van der Waals surface area contributed by atoms with Crippen molar-refractivity contribution < 1.29 is 22.8 Å². The summed E-state index contributed by atoms with van der Waals surface area (Å²) in [6, 6.07) is 6.19. The number of imide groups is 1. The molecule has 8 nitrogen and oxygen atoms in total. The molecule has 0 aromatic heterocycles. The number of hydrogen-bond donors (Lipinski definition) is 2. The number of nitrogens with one attached hydrogen (secondary N) is 2. The third-order valence-electron chi connectivity index (χ3n) is 4.36. The highest BCUT2D eigenvalue weighted by atomic mass is 79.9. The number of sulfone groups is 1. The van der Waals surface area contributed by atoms with E-state index in [9.17, 15) is 22.8 Å². The number of nitrogens with zero attached hydrogens (tertiary/aromatic N) is 1. The fourth-order valence-electron chi connectivity index (χ4n) is 2.92. The number of urea groups is 1. The second kappa shape index (κ2) is 6.41. The van der Waals surface area contributed by atoms with Crippen LogP contribution in [0, 0.1) is 0 Å². The van der Waals surface area contributed by atoms with Crippen molar-refractivity contribution in [2.75, 3.05) is 23.4 Å². The molecule has 1 aromatic rings. The summed E-state index contributed by atoms with van der Waals surface area (Å²) in [5, 5.41) is 5.18. The van der Waals surface area contributed by atoms with Gasteiger partial charge in [0.05, 0.1) is 11.5 Å². The number of carbonyl (C=O) groups excluding carboxylic acids is 3. The minimum atomic E-state index is -3.18. The van der Waals surface area contributed by atoms with Gasteiger partial charge in [0, 0.05) is 10.2 Å². The molecule has 134 valence electrons. The van der Waals surface area contributed by atoms with Crippen LogP contribution in [0.25, 0.3) is 0 Å². The van der Waals surface area contributed by atoms with Crippen LogP contribution in [-0.2, 0) is 19.4 Å². The van der Waals surface area contributed by atoms with Gasteiger partial charge in [-0.2, -0.15) is 0 Å². The molecule has 0 atom stereocenters. The van der Waals surface area contributed by atoms with E-state index in [0.29, 0.717) is 5.69 Å². The van der Waals surface area contributed by atoms with E-state index in [1.807, 2.05) is 0 Å². The van der Waals surface area contributed by atoms with Gasteiger partial charge in [-0.1, -0.05) is 15.9 Å². The normalized spacial score (nSPS) is 21.2. The van der Waals surface area contributed by atoms with Gasteiger partial charge in [0.25, 0.3) is 5.91 Å². The van der Waals surface area contributed by atoms with Crippen LogP contribution in [0.4, 0.5) is 10.5 Å². The Labute approximate surface area is 153 Å². The van der Waals surface area contributed by atoms with Gasteiger partial charge in [-0.25, -0.2) is 13.2 Å². The summed E-state index contributed by atoms with van der Waals surface area (Å²) in [6.07, 6.45) is 0.0650. The molecular weight excluding hydrogens is 414 g/mol. The lowest BCUT2D eigenvalue weighted by molar-refractivity contribution is -0.134. The smallest absolute Gasteiger partial charge is 0.325 e. The Hall–Kier alpha value is -1.94. The summed E-state index contributed by atoms with van der Waals surface area (Å²) in [5.41, 5.74) is -0.668. The Kier molecular flexibility index (Phi) is 4.58. The predicted octanol–water partition coefficient (Wildman–Crippen LogP) is 0.887. The molecule has 0 aliphatic carbocycles. The lowest BCUT2D eigenvalue weighted by atomic mass is 9.92. The van der Waals surface area contributed by atoms with Crippen molar-refractivity contribution in [1.82, 2.24) is 10.2 Å². The third-order valence-corrected chi connectivity index (χ3v) is 6.54. The molecule has 3 rings (SSSR count). The maximum absolute atomic E-state index is 12.6. The Bertz CT molecular complexity index is 823. The third kappa shape index (κ3) is 3.69. The molecule has 1 aromatic carbocycles. The summed E-state index contributed by atoms with van der Waals surface area (Å²) in [7, 11) is -3.18. The van der Waals surface area contributed by atoms with E-state index in [4.69, 9.17) is 0 Å². The van der Waals surface area contributed by atoms with Crippen LogP contribution < -0.4 is 10.6 Å². The Morgan fingerprint density at radius 3 is 2.40 bits per heavy atom. The van der Waals surface area contributed by atoms with Crippen molar-refractivity contribution in [1.29, 1.82) is 0 Å². The van der Waals surface area contributed by atoms with Crippen molar-refractivity contribution in [3.05, 3.63) is 28.7 Å². The maximum Gasteiger partial charge on any atom is 0.325 e. The highest BCUT2D eigenvalue weighted by Gasteiger charge is 2.53. The summed E-state index contributed by atoms with van der Waals surface area (Å²) in [6.45, 7) is -0.421. The van der Waals surface area contributed by atoms with Crippen molar-refractivity contribution in [3.8, 4) is 0 Å². The first kappa shape index (κ1) is 17.9. The molecule has 0 unspecified atom stereocenters. The van der Waals surface area contributed by atoms with Gasteiger partial charge in [0.15, 0.2) is 9.84 Å². The van der Waals surface area contributed by atoms with E-state index in [2.05, 4.69) is 26.6 Å². The molecule has 2 N–H and O–H groups in total. The Morgan fingerprint density at radius 1 is 1.20 bits per heavy atom. The molecule has 2 aliphatic heterocycles. The second-order valence-electron chi connectivity index (χ2n) is 6.11. The number of halogens is 1. The van der Waals surface area contributed by atoms with Crippen LogP contribution in [0.2, 0.25) is 0 Å². The molecule has 2 heterocycles. The molecule has 2 saturated heterocycles. The number of hydrogen-bond acceptors (Lipinski definition) is 5. The maximum atomic E-state index is 12.6. The van der Waals surface area contributed by atoms with Crippen molar-refractivity contribution in [3.63, 3.8) is 0 Å². The fraction of sp³-hybridized carbons (Fsp3) is 0.400. The average molecular weight is 430 g/mol. The standard InChI is InChI=1S/C15H16BrN3O5S/c16-10-1-3-11(4-2-10)17-12(20)9-19-13(21)15(18-14(19)22)5-7-25(23,24)8-6-15/h1-4H,5-9H2,(H,17,20)(H,18,22). The minimum Gasteiger partial charge on any atom is -0.325 e. The molecule has 1 spiro atoms. The number of carbonyl (C=O) groups is 3. The minimum absolute atomic E-state index is 0.0325. The molecule has 2 aliphatic rings. The van der Waals surface area contributed by atoms with Crippen LogP contribution >= 0.6 is 15.9 Å². The van der Waals surface area contributed by atoms with Crippen LogP contribution in [-0.4, -0.2) is 54.8 Å². The summed E-state index contributed by atoms with van der Waals surface area (Å²) < 4.78 is 24.0. The molecule has 4 amide bonds. The quantitative estimate of drug-likeness (QED) is 0.692. The predicted molar refractivity (Wildman–Crippen MR) is 93.6 cm³/mol. The van der Waals surface area contributed by atoms with E-state index >= 15 is 0 Å². The summed E-state index contributed by atoms with van der Waals surface area (Å²) in [4.78, 5) is 37.7. The van der Waals surface area contributed by atoms with Gasteiger partial charge in [-0.3, -0.25) is 14.5 Å². The van der Waals surface area contributed by atoms with E-state index < -0.39 is 39.8 Å². The summed E-state index contributed by atoms with van der Waals surface area (Å²) in [5.74, 6) is -1.36. The van der Waals surface area contributed by atoms with Crippen molar-refractivity contribution >= 4 is 49.3 Å². The molecule has 0 bridgehead atoms. The van der Waals surface area contributed by atoms with Gasteiger partial charge in [0.1, 0.15) is 12.1 Å². The lowest BCUT2D eigenvalue weighted by Gasteiger charge is -2.30. The first-order chi connectivity index (χ1) is 11.7. The second-order valence-corrected chi connectivity index (χ2v) is 9.33. The topological polar surface area (TPSA) is 113 Å². The molecular formula is C15H16BrN3O5S. The molecule has 0 radical (unpaired) electrons.